The molecular formula is C9H11ClFN. The molecule has 1 nitrogen and oxygen atoms in total. The van der Waals surface area contributed by atoms with Gasteiger partial charge in [0.05, 0.1) is 5.02 Å². The van der Waals surface area contributed by atoms with E-state index in [-0.39, 0.29) is 16.9 Å². The Bertz CT molecular complexity index is 275. The van der Waals surface area contributed by atoms with E-state index in [0.717, 1.165) is 5.56 Å². The predicted molar refractivity (Wildman–Crippen MR) is 48.9 cm³/mol. The van der Waals surface area contributed by atoms with Crippen LogP contribution in [0, 0.1) is 5.82 Å². The van der Waals surface area contributed by atoms with Crippen LogP contribution in [0.5, 0.6) is 0 Å². The molecule has 0 aliphatic carbocycles. The number of hydrogen-bond acceptors (Lipinski definition) is 1. The minimum Gasteiger partial charge on any atom is -0.313 e. The van der Waals surface area contributed by atoms with E-state index in [4.69, 9.17) is 11.6 Å². The summed E-state index contributed by atoms with van der Waals surface area (Å²) >= 11 is 5.61. The Hall–Kier alpha value is -0.600. The lowest BCUT2D eigenvalue weighted by Gasteiger charge is -2.10. The Balaban J connectivity index is 2.96. The van der Waals surface area contributed by atoms with Crippen molar-refractivity contribution in [1.29, 1.82) is 0 Å². The van der Waals surface area contributed by atoms with Gasteiger partial charge in [0.2, 0.25) is 0 Å². The lowest BCUT2D eigenvalue weighted by atomic mass is 10.1. The molecule has 0 aliphatic heterocycles. The number of halogens is 2. The minimum atomic E-state index is -0.372. The van der Waals surface area contributed by atoms with Gasteiger partial charge >= 0.3 is 0 Å². The molecule has 66 valence electrons. The Labute approximate surface area is 76.5 Å². The van der Waals surface area contributed by atoms with Crippen LogP contribution in [0.25, 0.3) is 0 Å². The Kier molecular flexibility index (Phi) is 3.06. The molecule has 1 rings (SSSR count). The van der Waals surface area contributed by atoms with Crippen molar-refractivity contribution in [3.8, 4) is 0 Å². The maximum absolute atomic E-state index is 12.7. The van der Waals surface area contributed by atoms with E-state index < -0.39 is 0 Å². The molecule has 0 spiro atoms. The fraction of sp³-hybridized carbons (Fsp3) is 0.333. The van der Waals surface area contributed by atoms with Gasteiger partial charge in [-0.25, -0.2) is 4.39 Å². The largest absolute Gasteiger partial charge is 0.313 e. The third-order valence-corrected chi connectivity index (χ3v) is 2.17. The van der Waals surface area contributed by atoms with Gasteiger partial charge in [0.25, 0.3) is 0 Å². The highest BCUT2D eigenvalue weighted by Crippen LogP contribution is 2.20. The quantitative estimate of drug-likeness (QED) is 0.751. The van der Waals surface area contributed by atoms with Crippen LogP contribution in [0.15, 0.2) is 18.2 Å². The second-order valence-corrected chi connectivity index (χ2v) is 3.09. The number of benzene rings is 1. The third-order valence-electron chi connectivity index (χ3n) is 1.88. The molecule has 0 amide bonds. The molecule has 0 aliphatic rings. The standard InChI is InChI=1S/C9H11ClFN/c1-6(12-2)7-3-4-9(11)8(10)5-7/h3-6,12H,1-2H3. The maximum atomic E-state index is 12.7. The van der Waals surface area contributed by atoms with Gasteiger partial charge in [-0.1, -0.05) is 17.7 Å². The van der Waals surface area contributed by atoms with Gasteiger partial charge in [0, 0.05) is 6.04 Å². The summed E-state index contributed by atoms with van der Waals surface area (Å²) in [5, 5.41) is 3.22. The summed E-state index contributed by atoms with van der Waals surface area (Å²) in [6.45, 7) is 1.99. The molecule has 1 N–H and O–H groups in total. The van der Waals surface area contributed by atoms with E-state index in [1.54, 1.807) is 12.1 Å². The highest BCUT2D eigenvalue weighted by Gasteiger charge is 2.05. The molecule has 0 saturated heterocycles. The highest BCUT2D eigenvalue weighted by molar-refractivity contribution is 6.30. The second-order valence-electron chi connectivity index (χ2n) is 2.68. The first kappa shape index (κ1) is 9.49. The van der Waals surface area contributed by atoms with Crippen molar-refractivity contribution in [2.75, 3.05) is 7.05 Å². The van der Waals surface area contributed by atoms with Crippen molar-refractivity contribution in [2.24, 2.45) is 0 Å². The Morgan fingerprint density at radius 1 is 1.50 bits per heavy atom. The molecule has 0 aromatic heterocycles. The van der Waals surface area contributed by atoms with Crippen LogP contribution in [-0.4, -0.2) is 7.05 Å². The SMILES string of the molecule is CNC(C)c1ccc(F)c(Cl)c1. The molecule has 0 fully saturated rings. The second kappa shape index (κ2) is 3.87. The molecule has 0 saturated carbocycles. The summed E-state index contributed by atoms with van der Waals surface area (Å²) in [5.74, 6) is -0.372. The Morgan fingerprint density at radius 2 is 2.17 bits per heavy atom. The first-order chi connectivity index (χ1) is 5.65. The van der Waals surface area contributed by atoms with E-state index in [9.17, 15) is 4.39 Å². The van der Waals surface area contributed by atoms with Gasteiger partial charge in [-0.2, -0.15) is 0 Å². The molecule has 12 heavy (non-hydrogen) atoms. The van der Waals surface area contributed by atoms with Crippen LogP contribution in [0.4, 0.5) is 4.39 Å². The van der Waals surface area contributed by atoms with Crippen molar-refractivity contribution >= 4 is 11.6 Å². The summed E-state index contributed by atoms with van der Waals surface area (Å²) in [6, 6.07) is 4.94. The molecule has 0 bridgehead atoms. The fourth-order valence-electron chi connectivity index (χ4n) is 0.948. The van der Waals surface area contributed by atoms with E-state index >= 15 is 0 Å². The first-order valence-electron chi connectivity index (χ1n) is 3.77. The average molecular weight is 188 g/mol. The van der Waals surface area contributed by atoms with Crippen LogP contribution in [0.2, 0.25) is 5.02 Å². The monoisotopic (exact) mass is 187 g/mol. The summed E-state index contributed by atoms with van der Waals surface area (Å²) in [5.41, 5.74) is 0.990. The van der Waals surface area contributed by atoms with Crippen LogP contribution in [-0.2, 0) is 0 Å². The first-order valence-corrected chi connectivity index (χ1v) is 4.15. The van der Waals surface area contributed by atoms with Crippen molar-refractivity contribution < 1.29 is 4.39 Å². The van der Waals surface area contributed by atoms with Crippen molar-refractivity contribution in [3.05, 3.63) is 34.6 Å². The zero-order valence-electron chi connectivity index (χ0n) is 7.07. The van der Waals surface area contributed by atoms with Crippen LogP contribution in [0.1, 0.15) is 18.5 Å². The van der Waals surface area contributed by atoms with Gasteiger partial charge in [-0.15, -0.1) is 0 Å². The topological polar surface area (TPSA) is 12.0 Å². The summed E-state index contributed by atoms with van der Waals surface area (Å²) in [4.78, 5) is 0. The van der Waals surface area contributed by atoms with E-state index in [2.05, 4.69) is 5.32 Å². The molecule has 1 aromatic carbocycles. The highest BCUT2D eigenvalue weighted by atomic mass is 35.5. The summed E-state index contributed by atoms with van der Waals surface area (Å²) in [6.07, 6.45) is 0. The zero-order valence-corrected chi connectivity index (χ0v) is 7.82. The van der Waals surface area contributed by atoms with Crippen molar-refractivity contribution in [1.82, 2.24) is 5.32 Å². The average Bonchev–Trinajstić information content (AvgIpc) is 2.08. The predicted octanol–water partition coefficient (Wildman–Crippen LogP) is 2.76. The van der Waals surface area contributed by atoms with E-state index in [1.165, 1.54) is 6.07 Å². The van der Waals surface area contributed by atoms with Crippen LogP contribution >= 0.6 is 11.6 Å². The van der Waals surface area contributed by atoms with E-state index in [1.807, 2.05) is 14.0 Å². The van der Waals surface area contributed by atoms with Crippen LogP contribution < -0.4 is 5.32 Å². The maximum Gasteiger partial charge on any atom is 0.141 e. The van der Waals surface area contributed by atoms with Gasteiger partial charge in [-0.05, 0) is 31.7 Å². The molecular weight excluding hydrogens is 177 g/mol. The van der Waals surface area contributed by atoms with Gasteiger partial charge in [0.1, 0.15) is 5.82 Å². The lowest BCUT2D eigenvalue weighted by Crippen LogP contribution is -2.12. The number of rotatable bonds is 2. The molecule has 0 heterocycles. The molecule has 1 atom stereocenters. The van der Waals surface area contributed by atoms with E-state index in [0.29, 0.717) is 0 Å². The van der Waals surface area contributed by atoms with Crippen molar-refractivity contribution in [3.63, 3.8) is 0 Å². The summed E-state index contributed by atoms with van der Waals surface area (Å²) < 4.78 is 12.7. The summed E-state index contributed by atoms with van der Waals surface area (Å²) in [7, 11) is 1.85. The van der Waals surface area contributed by atoms with Crippen LogP contribution in [0.3, 0.4) is 0 Å². The molecule has 0 radical (unpaired) electrons. The molecule has 3 heteroatoms. The number of hydrogen-bond donors (Lipinski definition) is 1. The van der Waals surface area contributed by atoms with Gasteiger partial charge in [0.15, 0.2) is 0 Å². The van der Waals surface area contributed by atoms with Gasteiger partial charge in [-0.3, -0.25) is 0 Å². The third kappa shape index (κ3) is 1.96. The fourth-order valence-corrected chi connectivity index (χ4v) is 1.14. The molecule has 1 aromatic rings. The lowest BCUT2D eigenvalue weighted by molar-refractivity contribution is 0.619. The van der Waals surface area contributed by atoms with Crippen molar-refractivity contribution in [2.45, 2.75) is 13.0 Å². The normalized spacial score (nSPS) is 13.0. The molecule has 1 unspecified atom stereocenters. The number of nitrogens with one attached hydrogen (secondary N) is 1. The smallest absolute Gasteiger partial charge is 0.141 e. The van der Waals surface area contributed by atoms with Gasteiger partial charge < -0.3 is 5.32 Å². The Morgan fingerprint density at radius 3 is 2.67 bits per heavy atom. The zero-order chi connectivity index (χ0) is 9.14. The minimum absolute atomic E-state index is 0.176.